The third kappa shape index (κ3) is 3.58. The van der Waals surface area contributed by atoms with Gasteiger partial charge in [0.05, 0.1) is 11.1 Å². The number of rotatable bonds is 4. The molecule has 3 aliphatic heterocycles. The molecule has 1 aromatic rings. The lowest BCUT2D eigenvalue weighted by molar-refractivity contribution is -0.144. The van der Waals surface area contributed by atoms with Crippen LogP contribution in [0.15, 0.2) is 18.2 Å². The average Bonchev–Trinajstić information content (AvgIpc) is 2.99. The average molecular weight is 443 g/mol. The summed E-state index contributed by atoms with van der Waals surface area (Å²) in [7, 11) is 0. The first-order valence-corrected chi connectivity index (χ1v) is 10.0. The van der Waals surface area contributed by atoms with Crippen molar-refractivity contribution in [3.8, 4) is 0 Å². The molecule has 2 unspecified atom stereocenters. The summed E-state index contributed by atoms with van der Waals surface area (Å²) in [5.41, 5.74) is 6.09. The first-order chi connectivity index (χ1) is 15.2. The number of nitrogens with zero attached hydrogens (tertiary/aromatic N) is 3. The van der Waals surface area contributed by atoms with E-state index in [1.807, 2.05) is 0 Å². The summed E-state index contributed by atoms with van der Waals surface area (Å²) < 4.78 is 0. The Bertz CT molecular complexity index is 1050. The van der Waals surface area contributed by atoms with E-state index in [1.54, 1.807) is 17.0 Å². The van der Waals surface area contributed by atoms with Crippen molar-refractivity contribution in [3.05, 3.63) is 34.9 Å². The third-order valence-corrected chi connectivity index (χ3v) is 5.98. The second kappa shape index (κ2) is 8.04. The number of amides is 6. The fourth-order valence-corrected chi connectivity index (χ4v) is 4.42. The van der Waals surface area contributed by atoms with Crippen LogP contribution in [-0.2, 0) is 20.9 Å². The molecule has 12 heteroatoms. The molecule has 0 spiro atoms. The van der Waals surface area contributed by atoms with Gasteiger partial charge in [-0.05, 0) is 18.1 Å². The maximum Gasteiger partial charge on any atom is 0.327 e. The molecule has 3 heterocycles. The first kappa shape index (κ1) is 21.4. The lowest BCUT2D eigenvalue weighted by atomic mass is 10.0. The summed E-state index contributed by atoms with van der Waals surface area (Å²) in [5, 5.41) is 11.6. The predicted molar refractivity (Wildman–Crippen MR) is 106 cm³/mol. The van der Waals surface area contributed by atoms with Crippen LogP contribution in [0.5, 0.6) is 0 Å². The molecule has 0 bridgehead atoms. The van der Waals surface area contributed by atoms with E-state index in [4.69, 9.17) is 5.73 Å². The van der Waals surface area contributed by atoms with Crippen molar-refractivity contribution in [3.63, 3.8) is 0 Å². The lowest BCUT2D eigenvalue weighted by Gasteiger charge is -2.38. The second-order valence-electron chi connectivity index (χ2n) is 7.91. The number of aliphatic carboxylic acids is 1. The van der Waals surface area contributed by atoms with Crippen molar-refractivity contribution < 1.29 is 33.9 Å². The highest BCUT2D eigenvalue weighted by Gasteiger charge is 2.45. The van der Waals surface area contributed by atoms with Crippen molar-refractivity contribution >= 4 is 35.6 Å². The number of hydrogen-bond donors (Lipinski definition) is 3. The number of imide groups is 2. The molecule has 6 amide bonds. The zero-order chi connectivity index (χ0) is 23.2. The van der Waals surface area contributed by atoms with Gasteiger partial charge < -0.3 is 15.7 Å². The van der Waals surface area contributed by atoms with Crippen LogP contribution < -0.4 is 11.1 Å². The topological polar surface area (TPSA) is 170 Å². The zero-order valence-corrected chi connectivity index (χ0v) is 16.9. The number of hydrogen-bond acceptors (Lipinski definition) is 7. The minimum atomic E-state index is -1.19. The van der Waals surface area contributed by atoms with Crippen molar-refractivity contribution in [2.45, 2.75) is 31.5 Å². The van der Waals surface area contributed by atoms with Gasteiger partial charge in [-0.25, -0.2) is 9.59 Å². The Balaban J connectivity index is 1.57. The smallest absolute Gasteiger partial charge is 0.327 e. The molecule has 0 aromatic heterocycles. The fourth-order valence-electron chi connectivity index (χ4n) is 4.42. The number of fused-ring (bicyclic) bond motifs is 1. The number of carboxylic acid groups (broad SMARTS) is 1. The number of nitrogens with one attached hydrogen (secondary N) is 1. The Morgan fingerprint density at radius 3 is 2.53 bits per heavy atom. The molecule has 12 nitrogen and oxygen atoms in total. The summed E-state index contributed by atoms with van der Waals surface area (Å²) in [6.45, 7) is 0.606. The van der Waals surface area contributed by atoms with Crippen LogP contribution in [0.3, 0.4) is 0 Å². The Hall–Kier alpha value is -3.80. The number of piperazine rings is 1. The molecule has 0 radical (unpaired) electrons. The molecule has 2 atom stereocenters. The monoisotopic (exact) mass is 443 g/mol. The molecule has 4 N–H and O–H groups in total. The van der Waals surface area contributed by atoms with Crippen LogP contribution in [0.1, 0.15) is 39.1 Å². The molecular formula is C20H21N5O7. The van der Waals surface area contributed by atoms with Gasteiger partial charge in [-0.2, -0.15) is 0 Å². The standard InChI is InChI=1S/C20H21N5O7/c21-20(32)24-7-6-23(9-13(24)19(30)31)8-10-2-1-3-11-15(10)18(29)25(17(11)28)12-4-5-14(26)22-16(12)27/h1-3,12-13H,4-9H2,(H2,21,32)(H,30,31)(H,22,26,27). The highest BCUT2D eigenvalue weighted by atomic mass is 16.4. The minimum Gasteiger partial charge on any atom is -0.480 e. The van der Waals surface area contributed by atoms with Gasteiger partial charge in [0.2, 0.25) is 11.8 Å². The molecule has 4 rings (SSSR count). The van der Waals surface area contributed by atoms with Crippen molar-refractivity contribution in [2.75, 3.05) is 19.6 Å². The number of primary amides is 1. The van der Waals surface area contributed by atoms with Crippen LogP contribution in [-0.4, -0.2) is 87.2 Å². The highest BCUT2D eigenvalue weighted by Crippen LogP contribution is 2.30. The molecule has 2 fully saturated rings. The number of carbonyl (C=O) groups excluding carboxylic acids is 5. The SMILES string of the molecule is NC(=O)N1CCN(Cc2cccc3c2C(=O)N(C2CCC(=O)NC2=O)C3=O)CC1C(=O)O. The van der Waals surface area contributed by atoms with E-state index < -0.39 is 47.7 Å². The van der Waals surface area contributed by atoms with Gasteiger partial charge in [-0.1, -0.05) is 12.1 Å². The van der Waals surface area contributed by atoms with E-state index in [2.05, 4.69) is 5.32 Å². The van der Waals surface area contributed by atoms with Crippen LogP contribution >= 0.6 is 0 Å². The number of urea groups is 1. The molecular weight excluding hydrogens is 422 g/mol. The summed E-state index contributed by atoms with van der Waals surface area (Å²) in [6, 6.07) is 1.75. The van der Waals surface area contributed by atoms with Gasteiger partial charge in [0.15, 0.2) is 0 Å². The Morgan fingerprint density at radius 1 is 1.12 bits per heavy atom. The summed E-state index contributed by atoms with van der Waals surface area (Å²) in [4.78, 5) is 76.6. The number of nitrogens with two attached hydrogens (primary N) is 1. The number of benzene rings is 1. The van der Waals surface area contributed by atoms with Gasteiger partial charge in [-0.15, -0.1) is 0 Å². The van der Waals surface area contributed by atoms with E-state index in [0.717, 1.165) is 9.80 Å². The van der Waals surface area contributed by atoms with E-state index in [0.29, 0.717) is 12.1 Å². The summed E-state index contributed by atoms with van der Waals surface area (Å²) in [6.07, 6.45) is 0.0816. The van der Waals surface area contributed by atoms with Gasteiger partial charge in [0.1, 0.15) is 12.1 Å². The number of carbonyl (C=O) groups is 6. The van der Waals surface area contributed by atoms with Gasteiger partial charge in [0, 0.05) is 32.6 Å². The van der Waals surface area contributed by atoms with Gasteiger partial charge >= 0.3 is 12.0 Å². The first-order valence-electron chi connectivity index (χ1n) is 10.0. The number of carboxylic acids is 1. The molecule has 1 aromatic carbocycles. The summed E-state index contributed by atoms with van der Waals surface area (Å²) >= 11 is 0. The normalized spacial score (nSPS) is 23.9. The van der Waals surface area contributed by atoms with Crippen LogP contribution in [0.25, 0.3) is 0 Å². The lowest BCUT2D eigenvalue weighted by Crippen LogP contribution is -2.59. The van der Waals surface area contributed by atoms with Gasteiger partial charge in [0.25, 0.3) is 11.8 Å². The molecule has 0 saturated carbocycles. The zero-order valence-electron chi connectivity index (χ0n) is 16.9. The van der Waals surface area contributed by atoms with Crippen molar-refractivity contribution in [2.24, 2.45) is 5.73 Å². The van der Waals surface area contributed by atoms with E-state index in [1.165, 1.54) is 6.07 Å². The molecule has 0 aliphatic carbocycles. The quantitative estimate of drug-likeness (QED) is 0.484. The van der Waals surface area contributed by atoms with Gasteiger partial charge in [-0.3, -0.25) is 34.3 Å². The maximum atomic E-state index is 13.2. The highest BCUT2D eigenvalue weighted by molar-refractivity contribution is 6.24. The van der Waals surface area contributed by atoms with Crippen LogP contribution in [0, 0.1) is 0 Å². The maximum absolute atomic E-state index is 13.2. The Labute approximate surface area is 181 Å². The molecule has 2 saturated heterocycles. The third-order valence-electron chi connectivity index (χ3n) is 5.98. The van der Waals surface area contributed by atoms with E-state index in [9.17, 15) is 33.9 Å². The summed E-state index contributed by atoms with van der Waals surface area (Å²) in [5.74, 6) is -3.57. The Morgan fingerprint density at radius 2 is 1.88 bits per heavy atom. The van der Waals surface area contributed by atoms with E-state index in [-0.39, 0.29) is 43.6 Å². The van der Waals surface area contributed by atoms with Crippen LogP contribution in [0.4, 0.5) is 4.79 Å². The Kier molecular flexibility index (Phi) is 5.38. The predicted octanol–water partition coefficient (Wildman–Crippen LogP) is -1.26. The minimum absolute atomic E-state index is 0.000927. The van der Waals surface area contributed by atoms with Crippen molar-refractivity contribution in [1.82, 2.24) is 20.0 Å². The number of piperidine rings is 1. The van der Waals surface area contributed by atoms with Crippen molar-refractivity contribution in [1.29, 1.82) is 0 Å². The van der Waals surface area contributed by atoms with E-state index >= 15 is 0 Å². The van der Waals surface area contributed by atoms with Crippen LogP contribution in [0.2, 0.25) is 0 Å². The fraction of sp³-hybridized carbons (Fsp3) is 0.400. The second-order valence-corrected chi connectivity index (χ2v) is 7.91. The molecule has 32 heavy (non-hydrogen) atoms. The largest absolute Gasteiger partial charge is 0.480 e. The molecule has 168 valence electrons. The molecule has 3 aliphatic rings.